The molecule has 96 valence electrons. The number of hydrogen-bond donors (Lipinski definition) is 1. The third kappa shape index (κ3) is 4.79. The van der Waals surface area contributed by atoms with Gasteiger partial charge in [0.25, 0.3) is 0 Å². The Kier molecular flexibility index (Phi) is 6.73. The highest BCUT2D eigenvalue weighted by atomic mass is 16.2. The molecule has 0 spiro atoms. The first-order chi connectivity index (χ1) is 8.29. The van der Waals surface area contributed by atoms with Gasteiger partial charge in [0.05, 0.1) is 6.04 Å². The van der Waals surface area contributed by atoms with Gasteiger partial charge in [0.15, 0.2) is 0 Å². The number of nitrogens with zero attached hydrogens (tertiary/aromatic N) is 1. The molecule has 1 amide bonds. The monoisotopic (exact) mass is 236 g/mol. The van der Waals surface area contributed by atoms with Crippen LogP contribution in [0.15, 0.2) is 0 Å². The van der Waals surface area contributed by atoms with Crippen molar-refractivity contribution in [1.29, 1.82) is 0 Å². The van der Waals surface area contributed by atoms with Gasteiger partial charge in [-0.15, -0.1) is 12.3 Å². The lowest BCUT2D eigenvalue weighted by Crippen LogP contribution is -2.51. The number of piperidine rings is 1. The molecule has 0 bridgehead atoms. The smallest absolute Gasteiger partial charge is 0.239 e. The third-order valence-corrected chi connectivity index (χ3v) is 3.17. The molecular weight excluding hydrogens is 212 g/mol. The minimum atomic E-state index is 0.0522. The van der Waals surface area contributed by atoms with Crippen LogP contribution in [0.5, 0.6) is 0 Å². The van der Waals surface area contributed by atoms with E-state index in [-0.39, 0.29) is 11.9 Å². The fourth-order valence-electron chi connectivity index (χ4n) is 2.20. The summed E-state index contributed by atoms with van der Waals surface area (Å²) < 4.78 is 0. The van der Waals surface area contributed by atoms with E-state index in [1.54, 1.807) is 0 Å². The van der Waals surface area contributed by atoms with Crippen LogP contribution in [0, 0.1) is 12.3 Å². The number of likely N-dealkylation sites (tertiary alicyclic amines) is 1. The van der Waals surface area contributed by atoms with Crippen molar-refractivity contribution in [2.75, 3.05) is 19.6 Å². The van der Waals surface area contributed by atoms with Crippen LogP contribution >= 0.6 is 0 Å². The predicted molar refractivity (Wildman–Crippen MR) is 70.6 cm³/mol. The maximum atomic E-state index is 12.1. The van der Waals surface area contributed by atoms with Crippen LogP contribution < -0.4 is 5.32 Å². The summed E-state index contributed by atoms with van der Waals surface area (Å²) in [6.07, 6.45) is 11.3. The van der Waals surface area contributed by atoms with Gasteiger partial charge in [-0.2, -0.15) is 0 Å². The Labute approximate surface area is 105 Å². The van der Waals surface area contributed by atoms with Crippen molar-refractivity contribution in [3.63, 3.8) is 0 Å². The van der Waals surface area contributed by atoms with Gasteiger partial charge in [0, 0.05) is 19.5 Å². The van der Waals surface area contributed by atoms with Crippen LogP contribution in [0.1, 0.15) is 45.4 Å². The Hall–Kier alpha value is -1.01. The van der Waals surface area contributed by atoms with Crippen molar-refractivity contribution < 1.29 is 4.79 Å². The van der Waals surface area contributed by atoms with Gasteiger partial charge in [-0.05, 0) is 38.6 Å². The second kappa shape index (κ2) is 8.14. The predicted octanol–water partition coefficient (Wildman–Crippen LogP) is 1.78. The average Bonchev–Trinajstić information content (AvgIpc) is 2.35. The molecule has 0 saturated carbocycles. The summed E-state index contributed by atoms with van der Waals surface area (Å²) >= 11 is 0. The highest BCUT2D eigenvalue weighted by Crippen LogP contribution is 2.13. The highest BCUT2D eigenvalue weighted by Gasteiger charge is 2.27. The van der Waals surface area contributed by atoms with E-state index in [2.05, 4.69) is 18.2 Å². The molecule has 0 aliphatic carbocycles. The SMILES string of the molecule is C#CCCCCN1CCCC(NCCC)C1=O. The molecule has 1 aliphatic rings. The molecule has 1 N–H and O–H groups in total. The van der Waals surface area contributed by atoms with Crippen LogP contribution in [0.25, 0.3) is 0 Å². The Balaban J connectivity index is 2.29. The zero-order valence-corrected chi connectivity index (χ0v) is 10.9. The van der Waals surface area contributed by atoms with Crippen LogP contribution in [0.4, 0.5) is 0 Å². The lowest BCUT2D eigenvalue weighted by molar-refractivity contribution is -0.136. The minimum Gasteiger partial charge on any atom is -0.341 e. The lowest BCUT2D eigenvalue weighted by atomic mass is 10.0. The quantitative estimate of drug-likeness (QED) is 0.540. The van der Waals surface area contributed by atoms with Gasteiger partial charge >= 0.3 is 0 Å². The first-order valence-electron chi connectivity index (χ1n) is 6.75. The topological polar surface area (TPSA) is 32.3 Å². The van der Waals surface area contributed by atoms with E-state index in [4.69, 9.17) is 6.42 Å². The van der Waals surface area contributed by atoms with Crippen molar-refractivity contribution in [2.45, 2.75) is 51.5 Å². The average molecular weight is 236 g/mol. The molecular formula is C14H24N2O. The number of terminal acetylenes is 1. The molecule has 1 heterocycles. The molecule has 0 aromatic heterocycles. The number of amides is 1. The summed E-state index contributed by atoms with van der Waals surface area (Å²) in [6, 6.07) is 0.0522. The summed E-state index contributed by atoms with van der Waals surface area (Å²) in [4.78, 5) is 14.1. The Morgan fingerprint density at radius 1 is 1.53 bits per heavy atom. The van der Waals surface area contributed by atoms with E-state index in [9.17, 15) is 4.79 Å². The molecule has 0 aromatic rings. The van der Waals surface area contributed by atoms with Gasteiger partial charge in [-0.25, -0.2) is 0 Å². The van der Waals surface area contributed by atoms with Crippen molar-refractivity contribution in [1.82, 2.24) is 10.2 Å². The van der Waals surface area contributed by atoms with E-state index in [0.29, 0.717) is 0 Å². The molecule has 0 aromatic carbocycles. The standard InChI is InChI=1S/C14H24N2O/c1-3-5-6-7-11-16-12-8-9-13(14(16)17)15-10-4-2/h1,13,15H,4-12H2,2H3. The van der Waals surface area contributed by atoms with Crippen molar-refractivity contribution in [2.24, 2.45) is 0 Å². The molecule has 0 radical (unpaired) electrons. The fraction of sp³-hybridized carbons (Fsp3) is 0.786. The van der Waals surface area contributed by atoms with Crippen molar-refractivity contribution >= 4 is 5.91 Å². The molecule has 1 saturated heterocycles. The number of carbonyl (C=O) groups excluding carboxylic acids is 1. The molecule has 1 fully saturated rings. The van der Waals surface area contributed by atoms with Gasteiger partial charge < -0.3 is 10.2 Å². The van der Waals surface area contributed by atoms with Crippen LogP contribution in [0.3, 0.4) is 0 Å². The fourth-order valence-corrected chi connectivity index (χ4v) is 2.20. The summed E-state index contributed by atoms with van der Waals surface area (Å²) in [5, 5.41) is 3.33. The number of unbranched alkanes of at least 4 members (excludes halogenated alkanes) is 2. The minimum absolute atomic E-state index is 0.0522. The summed E-state index contributed by atoms with van der Waals surface area (Å²) in [5.74, 6) is 2.92. The molecule has 3 heteroatoms. The summed E-state index contributed by atoms with van der Waals surface area (Å²) in [7, 11) is 0. The number of hydrogen-bond acceptors (Lipinski definition) is 2. The van der Waals surface area contributed by atoms with Gasteiger partial charge in [0.2, 0.25) is 5.91 Å². The number of rotatable bonds is 7. The second-order valence-electron chi connectivity index (χ2n) is 4.64. The summed E-state index contributed by atoms with van der Waals surface area (Å²) in [5.41, 5.74) is 0. The maximum absolute atomic E-state index is 12.1. The van der Waals surface area contributed by atoms with Crippen LogP contribution in [0.2, 0.25) is 0 Å². The molecule has 1 atom stereocenters. The lowest BCUT2D eigenvalue weighted by Gasteiger charge is -2.32. The second-order valence-corrected chi connectivity index (χ2v) is 4.64. The van der Waals surface area contributed by atoms with Gasteiger partial charge in [-0.3, -0.25) is 4.79 Å². The third-order valence-electron chi connectivity index (χ3n) is 3.17. The molecule has 1 unspecified atom stereocenters. The molecule has 1 aliphatic heterocycles. The summed E-state index contributed by atoms with van der Waals surface area (Å²) in [6.45, 7) is 4.84. The first-order valence-corrected chi connectivity index (χ1v) is 6.75. The van der Waals surface area contributed by atoms with Crippen molar-refractivity contribution in [3.8, 4) is 12.3 Å². The first kappa shape index (κ1) is 14.1. The molecule has 1 rings (SSSR count). The van der Waals surface area contributed by atoms with E-state index < -0.39 is 0 Å². The zero-order chi connectivity index (χ0) is 12.5. The molecule has 17 heavy (non-hydrogen) atoms. The van der Waals surface area contributed by atoms with Gasteiger partial charge in [0.1, 0.15) is 0 Å². The van der Waals surface area contributed by atoms with E-state index in [1.807, 2.05) is 4.90 Å². The van der Waals surface area contributed by atoms with E-state index >= 15 is 0 Å². The van der Waals surface area contributed by atoms with Crippen molar-refractivity contribution in [3.05, 3.63) is 0 Å². The normalized spacial score (nSPS) is 20.4. The Morgan fingerprint density at radius 3 is 3.06 bits per heavy atom. The number of nitrogens with one attached hydrogen (secondary N) is 1. The van der Waals surface area contributed by atoms with E-state index in [1.165, 1.54) is 0 Å². The Morgan fingerprint density at radius 2 is 2.35 bits per heavy atom. The Bertz CT molecular complexity index is 270. The maximum Gasteiger partial charge on any atom is 0.239 e. The van der Waals surface area contributed by atoms with Gasteiger partial charge in [-0.1, -0.05) is 6.92 Å². The van der Waals surface area contributed by atoms with Crippen LogP contribution in [-0.4, -0.2) is 36.5 Å². The zero-order valence-electron chi connectivity index (χ0n) is 10.9. The largest absolute Gasteiger partial charge is 0.341 e. The number of carbonyl (C=O) groups is 1. The van der Waals surface area contributed by atoms with E-state index in [0.717, 1.165) is 58.2 Å². The molecule has 3 nitrogen and oxygen atoms in total. The van der Waals surface area contributed by atoms with Crippen LogP contribution in [-0.2, 0) is 4.79 Å². The highest BCUT2D eigenvalue weighted by molar-refractivity contribution is 5.82.